The summed E-state index contributed by atoms with van der Waals surface area (Å²) in [6.07, 6.45) is 2.06. The lowest BCUT2D eigenvalue weighted by Gasteiger charge is -2.22. The molecule has 0 aliphatic rings. The highest BCUT2D eigenvalue weighted by molar-refractivity contribution is 6.32. The Labute approximate surface area is 110 Å². The third-order valence-corrected chi connectivity index (χ3v) is 2.54. The maximum absolute atomic E-state index is 11.5. The first kappa shape index (κ1) is 14.5. The average Bonchev–Trinajstić information content (AvgIpc) is 2.32. The van der Waals surface area contributed by atoms with Crippen LogP contribution in [0.2, 0.25) is 5.02 Å². The minimum absolute atomic E-state index is 0.0183. The summed E-state index contributed by atoms with van der Waals surface area (Å²) in [7, 11) is 0. The highest BCUT2D eigenvalue weighted by Crippen LogP contribution is 2.18. The molecule has 0 aromatic carbocycles. The molecule has 7 heteroatoms. The monoisotopic (exact) mass is 273 g/mol. The number of hydrogen-bond donors (Lipinski definition) is 1. The predicted molar refractivity (Wildman–Crippen MR) is 69.0 cm³/mol. The Bertz CT molecular complexity index is 461. The topological polar surface area (TPSA) is 75.3 Å². The second-order valence-corrected chi connectivity index (χ2v) is 3.97. The standard InChI is InChI=1S/C11H16ClN3O3/c1-3-5-15(6-8(16)18-4-2)10-9(12)11(17)14-7-13-10/h7H,3-6H2,1-2H3,(H,13,14,17). The van der Waals surface area contributed by atoms with E-state index < -0.39 is 5.56 Å². The molecule has 0 atom stereocenters. The number of anilines is 1. The van der Waals surface area contributed by atoms with Crippen LogP contribution in [0.5, 0.6) is 0 Å². The number of aromatic nitrogens is 2. The molecule has 0 saturated heterocycles. The maximum Gasteiger partial charge on any atom is 0.325 e. The van der Waals surface area contributed by atoms with Crippen LogP contribution in [0.4, 0.5) is 5.82 Å². The summed E-state index contributed by atoms with van der Waals surface area (Å²) in [5.74, 6) is -0.0700. The second kappa shape index (κ2) is 7.00. The van der Waals surface area contributed by atoms with Crippen molar-refractivity contribution in [2.24, 2.45) is 0 Å². The van der Waals surface area contributed by atoms with Gasteiger partial charge in [-0.1, -0.05) is 18.5 Å². The van der Waals surface area contributed by atoms with Gasteiger partial charge in [-0.25, -0.2) is 4.98 Å². The van der Waals surface area contributed by atoms with Gasteiger partial charge >= 0.3 is 5.97 Å². The molecule has 0 amide bonds. The molecule has 0 fully saturated rings. The summed E-state index contributed by atoms with van der Waals surface area (Å²) in [5, 5.41) is -0.0183. The molecule has 1 aromatic heterocycles. The molecule has 6 nitrogen and oxygen atoms in total. The number of carbonyl (C=O) groups excluding carboxylic acids is 1. The van der Waals surface area contributed by atoms with E-state index in [-0.39, 0.29) is 17.5 Å². The van der Waals surface area contributed by atoms with Gasteiger partial charge in [-0.05, 0) is 13.3 Å². The summed E-state index contributed by atoms with van der Waals surface area (Å²) >= 11 is 5.88. The Morgan fingerprint density at radius 2 is 2.28 bits per heavy atom. The van der Waals surface area contributed by atoms with Crippen LogP contribution in [-0.4, -0.2) is 35.6 Å². The molecule has 0 bridgehead atoms. The van der Waals surface area contributed by atoms with Crippen molar-refractivity contribution in [1.29, 1.82) is 0 Å². The van der Waals surface area contributed by atoms with Gasteiger partial charge in [0.15, 0.2) is 5.82 Å². The van der Waals surface area contributed by atoms with Gasteiger partial charge in [0.05, 0.1) is 12.9 Å². The Hall–Kier alpha value is -1.56. The van der Waals surface area contributed by atoms with Crippen LogP contribution in [0, 0.1) is 0 Å². The number of carbonyl (C=O) groups is 1. The Morgan fingerprint density at radius 1 is 1.56 bits per heavy atom. The first-order chi connectivity index (χ1) is 8.60. The van der Waals surface area contributed by atoms with Gasteiger partial charge in [-0.3, -0.25) is 9.59 Å². The van der Waals surface area contributed by atoms with Crippen molar-refractivity contribution in [2.45, 2.75) is 20.3 Å². The fraction of sp³-hybridized carbons (Fsp3) is 0.545. The van der Waals surface area contributed by atoms with E-state index in [9.17, 15) is 9.59 Å². The zero-order valence-corrected chi connectivity index (χ0v) is 11.2. The second-order valence-electron chi connectivity index (χ2n) is 3.60. The summed E-state index contributed by atoms with van der Waals surface area (Å²) in [4.78, 5) is 30.9. The molecule has 1 heterocycles. The van der Waals surface area contributed by atoms with E-state index in [0.717, 1.165) is 6.42 Å². The van der Waals surface area contributed by atoms with Gasteiger partial charge in [0.2, 0.25) is 0 Å². The lowest BCUT2D eigenvalue weighted by atomic mass is 10.4. The third-order valence-electron chi connectivity index (χ3n) is 2.20. The highest BCUT2D eigenvalue weighted by Gasteiger charge is 2.17. The minimum Gasteiger partial charge on any atom is -0.465 e. The number of hydrogen-bond acceptors (Lipinski definition) is 5. The van der Waals surface area contributed by atoms with Gasteiger partial charge in [0, 0.05) is 6.54 Å². The molecular weight excluding hydrogens is 258 g/mol. The number of rotatable bonds is 6. The number of nitrogens with zero attached hydrogens (tertiary/aromatic N) is 2. The molecule has 1 aromatic rings. The number of halogens is 1. The number of ether oxygens (including phenoxy) is 1. The van der Waals surface area contributed by atoms with E-state index >= 15 is 0 Å². The van der Waals surface area contributed by atoms with E-state index in [1.807, 2.05) is 6.92 Å². The lowest BCUT2D eigenvalue weighted by molar-refractivity contribution is -0.141. The van der Waals surface area contributed by atoms with Crippen LogP contribution in [0.1, 0.15) is 20.3 Å². The summed E-state index contributed by atoms with van der Waals surface area (Å²) in [6, 6.07) is 0. The van der Waals surface area contributed by atoms with E-state index in [1.54, 1.807) is 11.8 Å². The van der Waals surface area contributed by atoms with E-state index in [2.05, 4.69) is 9.97 Å². The van der Waals surface area contributed by atoms with E-state index in [1.165, 1.54) is 6.33 Å². The van der Waals surface area contributed by atoms with Crippen molar-refractivity contribution >= 4 is 23.4 Å². The lowest BCUT2D eigenvalue weighted by Crippen LogP contribution is -2.33. The molecule has 18 heavy (non-hydrogen) atoms. The number of nitrogens with one attached hydrogen (secondary N) is 1. The van der Waals surface area contributed by atoms with Crippen LogP contribution in [-0.2, 0) is 9.53 Å². The molecule has 0 spiro atoms. The maximum atomic E-state index is 11.5. The van der Waals surface area contributed by atoms with Gasteiger partial charge in [0.1, 0.15) is 11.6 Å². The van der Waals surface area contributed by atoms with Crippen molar-refractivity contribution in [3.8, 4) is 0 Å². The summed E-state index contributed by atoms with van der Waals surface area (Å²) < 4.78 is 4.87. The number of aromatic amines is 1. The molecule has 1 rings (SSSR count). The van der Waals surface area contributed by atoms with Crippen molar-refractivity contribution < 1.29 is 9.53 Å². The van der Waals surface area contributed by atoms with E-state index in [4.69, 9.17) is 16.3 Å². The molecule has 0 radical (unpaired) electrons. The molecule has 0 unspecified atom stereocenters. The first-order valence-corrected chi connectivity index (χ1v) is 6.11. The largest absolute Gasteiger partial charge is 0.465 e. The molecule has 0 saturated carbocycles. The Balaban J connectivity index is 2.93. The summed E-state index contributed by atoms with van der Waals surface area (Å²) in [5.41, 5.74) is -0.424. The molecule has 0 aliphatic carbocycles. The highest BCUT2D eigenvalue weighted by atomic mass is 35.5. The van der Waals surface area contributed by atoms with Crippen LogP contribution >= 0.6 is 11.6 Å². The fourth-order valence-electron chi connectivity index (χ4n) is 1.49. The third kappa shape index (κ3) is 3.73. The minimum atomic E-state index is -0.424. The van der Waals surface area contributed by atoms with Crippen LogP contribution in [0.3, 0.4) is 0 Å². The van der Waals surface area contributed by atoms with Crippen LogP contribution in [0.15, 0.2) is 11.1 Å². The smallest absolute Gasteiger partial charge is 0.325 e. The normalized spacial score (nSPS) is 10.2. The quantitative estimate of drug-likeness (QED) is 0.789. The summed E-state index contributed by atoms with van der Waals surface area (Å²) in [6.45, 7) is 4.60. The van der Waals surface area contributed by atoms with E-state index in [0.29, 0.717) is 19.0 Å². The SMILES string of the molecule is CCCN(CC(=O)OCC)c1nc[nH]c(=O)c1Cl. The van der Waals surface area contributed by atoms with Crippen molar-refractivity contribution in [3.05, 3.63) is 21.7 Å². The average molecular weight is 274 g/mol. The Kier molecular flexibility index (Phi) is 5.64. The van der Waals surface area contributed by atoms with Gasteiger partial charge in [0.25, 0.3) is 5.56 Å². The molecule has 100 valence electrons. The molecular formula is C11H16ClN3O3. The first-order valence-electron chi connectivity index (χ1n) is 5.73. The predicted octanol–water partition coefficient (Wildman–Crippen LogP) is 1.20. The molecule has 1 N–H and O–H groups in total. The van der Waals surface area contributed by atoms with Crippen molar-refractivity contribution in [2.75, 3.05) is 24.6 Å². The zero-order chi connectivity index (χ0) is 13.5. The van der Waals surface area contributed by atoms with Crippen LogP contribution < -0.4 is 10.5 Å². The van der Waals surface area contributed by atoms with Crippen molar-refractivity contribution in [1.82, 2.24) is 9.97 Å². The van der Waals surface area contributed by atoms with Gasteiger partial charge in [-0.2, -0.15) is 0 Å². The van der Waals surface area contributed by atoms with Gasteiger partial charge < -0.3 is 14.6 Å². The fourth-order valence-corrected chi connectivity index (χ4v) is 1.71. The zero-order valence-electron chi connectivity index (χ0n) is 10.4. The number of esters is 1. The van der Waals surface area contributed by atoms with Crippen LogP contribution in [0.25, 0.3) is 0 Å². The van der Waals surface area contributed by atoms with Crippen molar-refractivity contribution in [3.63, 3.8) is 0 Å². The van der Waals surface area contributed by atoms with Gasteiger partial charge in [-0.15, -0.1) is 0 Å². The molecule has 0 aliphatic heterocycles. The Morgan fingerprint density at radius 3 is 2.89 bits per heavy atom. The number of H-pyrrole nitrogens is 1.